The predicted octanol–water partition coefficient (Wildman–Crippen LogP) is -0.301. The second-order valence-electron chi connectivity index (χ2n) is 2.66. The Hall–Kier alpha value is -1.10. The van der Waals surface area contributed by atoms with Crippen LogP contribution in [0.25, 0.3) is 0 Å². The summed E-state index contributed by atoms with van der Waals surface area (Å²) in [6, 6.07) is -1.03. The lowest BCUT2D eigenvalue weighted by Crippen LogP contribution is -2.44. The Morgan fingerprint density at radius 2 is 1.31 bits per heavy atom. The first-order chi connectivity index (χ1) is 6.02. The molecule has 0 spiro atoms. The zero-order valence-electron chi connectivity index (χ0n) is 8.29. The van der Waals surface area contributed by atoms with E-state index in [2.05, 4.69) is 14.8 Å². The van der Waals surface area contributed by atoms with Gasteiger partial charge >= 0.3 is 11.9 Å². The van der Waals surface area contributed by atoms with Crippen LogP contribution in [0.3, 0.4) is 0 Å². The first kappa shape index (κ1) is 11.9. The Bertz CT molecular complexity index is 173. The predicted molar refractivity (Wildman–Crippen MR) is 46.1 cm³/mol. The molecule has 0 amide bonds. The fourth-order valence-electron chi connectivity index (χ4n) is 0.865. The maximum atomic E-state index is 10.9. The lowest BCUT2D eigenvalue weighted by molar-refractivity contribution is -0.145. The van der Waals surface area contributed by atoms with E-state index in [4.69, 9.17) is 0 Å². The molecule has 76 valence electrons. The molecular weight excluding hydrogens is 174 g/mol. The zero-order chi connectivity index (χ0) is 10.4. The van der Waals surface area contributed by atoms with E-state index in [0.717, 1.165) is 0 Å². The smallest absolute Gasteiger partial charge is 0.322 e. The fourth-order valence-corrected chi connectivity index (χ4v) is 0.865. The summed E-state index contributed by atoms with van der Waals surface area (Å²) in [5.74, 6) is -0.813. The SMILES string of the molecule is COC(=O)[C@H](C)N[C@@H](C)C(=O)OC. The highest BCUT2D eigenvalue weighted by atomic mass is 16.5. The summed E-state index contributed by atoms with van der Waals surface area (Å²) in [7, 11) is 2.59. The van der Waals surface area contributed by atoms with Crippen LogP contribution in [0.5, 0.6) is 0 Å². The van der Waals surface area contributed by atoms with Crippen molar-refractivity contribution in [3.8, 4) is 0 Å². The summed E-state index contributed by atoms with van der Waals surface area (Å²) in [4.78, 5) is 21.8. The summed E-state index contributed by atoms with van der Waals surface area (Å²) in [5.41, 5.74) is 0. The minimum Gasteiger partial charge on any atom is -0.468 e. The first-order valence-electron chi connectivity index (χ1n) is 3.94. The molecule has 0 radical (unpaired) electrons. The molecule has 0 aromatic rings. The average molecular weight is 189 g/mol. The molecule has 0 heterocycles. The van der Waals surface area contributed by atoms with Crippen LogP contribution in [-0.4, -0.2) is 38.2 Å². The third kappa shape index (κ3) is 3.89. The number of nitrogens with one attached hydrogen (secondary N) is 1. The topological polar surface area (TPSA) is 64.6 Å². The number of carbonyl (C=O) groups is 2. The Kier molecular flexibility index (Phi) is 5.06. The molecule has 0 saturated carbocycles. The van der Waals surface area contributed by atoms with Gasteiger partial charge in [0, 0.05) is 0 Å². The van der Waals surface area contributed by atoms with Crippen LogP contribution in [0.15, 0.2) is 0 Å². The van der Waals surface area contributed by atoms with E-state index in [9.17, 15) is 9.59 Å². The average Bonchev–Trinajstić information content (AvgIpc) is 2.14. The van der Waals surface area contributed by atoms with Crippen molar-refractivity contribution in [1.82, 2.24) is 5.32 Å². The van der Waals surface area contributed by atoms with Crippen molar-refractivity contribution in [3.63, 3.8) is 0 Å². The Balaban J connectivity index is 3.98. The summed E-state index contributed by atoms with van der Waals surface area (Å²) in [5, 5.41) is 2.73. The molecule has 0 fully saturated rings. The van der Waals surface area contributed by atoms with Gasteiger partial charge in [-0.15, -0.1) is 0 Å². The third-order valence-corrected chi connectivity index (χ3v) is 1.61. The molecular formula is C8H15NO4. The normalized spacial score (nSPS) is 14.5. The number of hydrogen-bond acceptors (Lipinski definition) is 5. The van der Waals surface area contributed by atoms with Gasteiger partial charge in [0.1, 0.15) is 12.1 Å². The molecule has 0 aliphatic heterocycles. The highest BCUT2D eigenvalue weighted by Crippen LogP contribution is 1.92. The summed E-state index contributed by atoms with van der Waals surface area (Å²) in [6.07, 6.45) is 0. The lowest BCUT2D eigenvalue weighted by Gasteiger charge is -2.15. The molecule has 13 heavy (non-hydrogen) atoms. The van der Waals surface area contributed by atoms with Crippen molar-refractivity contribution in [2.24, 2.45) is 0 Å². The highest BCUT2D eigenvalue weighted by Gasteiger charge is 2.20. The van der Waals surface area contributed by atoms with Crippen molar-refractivity contribution in [1.29, 1.82) is 0 Å². The van der Waals surface area contributed by atoms with Crippen LogP contribution in [0.1, 0.15) is 13.8 Å². The van der Waals surface area contributed by atoms with Crippen molar-refractivity contribution in [3.05, 3.63) is 0 Å². The maximum absolute atomic E-state index is 10.9. The molecule has 5 nitrogen and oxygen atoms in total. The van der Waals surface area contributed by atoms with E-state index in [1.807, 2.05) is 0 Å². The molecule has 0 bridgehead atoms. The number of esters is 2. The first-order valence-corrected chi connectivity index (χ1v) is 3.94. The van der Waals surface area contributed by atoms with E-state index >= 15 is 0 Å². The van der Waals surface area contributed by atoms with Crippen molar-refractivity contribution in [2.75, 3.05) is 14.2 Å². The monoisotopic (exact) mass is 189 g/mol. The Labute approximate surface area is 77.4 Å². The van der Waals surface area contributed by atoms with E-state index < -0.39 is 24.0 Å². The minimum absolute atomic E-state index is 0.407. The van der Waals surface area contributed by atoms with Crippen LogP contribution in [0, 0.1) is 0 Å². The van der Waals surface area contributed by atoms with Gasteiger partial charge in [-0.1, -0.05) is 0 Å². The van der Waals surface area contributed by atoms with Gasteiger partial charge in [-0.2, -0.15) is 0 Å². The Morgan fingerprint density at radius 1 is 1.00 bits per heavy atom. The number of ether oxygens (including phenoxy) is 2. The minimum atomic E-state index is -0.515. The molecule has 0 aliphatic carbocycles. The van der Waals surface area contributed by atoms with Crippen molar-refractivity contribution < 1.29 is 19.1 Å². The maximum Gasteiger partial charge on any atom is 0.322 e. The molecule has 5 heteroatoms. The summed E-state index contributed by atoms with van der Waals surface area (Å²) < 4.78 is 8.95. The third-order valence-electron chi connectivity index (χ3n) is 1.61. The van der Waals surface area contributed by atoms with Gasteiger partial charge in [-0.05, 0) is 13.8 Å². The van der Waals surface area contributed by atoms with Gasteiger partial charge in [-0.25, -0.2) is 0 Å². The number of carbonyl (C=O) groups excluding carboxylic acids is 2. The van der Waals surface area contributed by atoms with E-state index in [1.165, 1.54) is 14.2 Å². The van der Waals surface area contributed by atoms with Gasteiger partial charge in [0.25, 0.3) is 0 Å². The van der Waals surface area contributed by atoms with Gasteiger partial charge < -0.3 is 9.47 Å². The second-order valence-corrected chi connectivity index (χ2v) is 2.66. The van der Waals surface area contributed by atoms with Crippen LogP contribution in [0.4, 0.5) is 0 Å². The molecule has 1 N–H and O–H groups in total. The van der Waals surface area contributed by atoms with Gasteiger partial charge in [0.2, 0.25) is 0 Å². The standard InChI is InChI=1S/C8H15NO4/c1-5(7(10)12-3)9-6(2)8(11)13-4/h5-6,9H,1-4H3/t5-,6-/m0/s1. The number of methoxy groups -OCH3 is 2. The largest absolute Gasteiger partial charge is 0.468 e. The molecule has 0 aliphatic rings. The molecule has 0 unspecified atom stereocenters. The van der Waals surface area contributed by atoms with Crippen LogP contribution < -0.4 is 5.32 Å². The zero-order valence-corrected chi connectivity index (χ0v) is 8.29. The number of hydrogen-bond donors (Lipinski definition) is 1. The molecule has 0 saturated heterocycles. The van der Waals surface area contributed by atoms with Gasteiger partial charge in [-0.3, -0.25) is 14.9 Å². The van der Waals surface area contributed by atoms with Crippen LogP contribution >= 0.6 is 0 Å². The van der Waals surface area contributed by atoms with E-state index in [0.29, 0.717) is 0 Å². The fraction of sp³-hybridized carbons (Fsp3) is 0.750. The molecule has 2 atom stereocenters. The van der Waals surface area contributed by atoms with Crippen LogP contribution in [-0.2, 0) is 19.1 Å². The molecule has 0 aromatic heterocycles. The summed E-state index contributed by atoms with van der Waals surface area (Å²) >= 11 is 0. The lowest BCUT2D eigenvalue weighted by atomic mass is 10.2. The van der Waals surface area contributed by atoms with Crippen molar-refractivity contribution >= 4 is 11.9 Å². The second kappa shape index (κ2) is 5.53. The highest BCUT2D eigenvalue weighted by molar-refractivity contribution is 5.78. The molecule has 0 aromatic carbocycles. The molecule has 0 rings (SSSR count). The van der Waals surface area contributed by atoms with Crippen molar-refractivity contribution in [2.45, 2.75) is 25.9 Å². The van der Waals surface area contributed by atoms with Gasteiger partial charge in [0.15, 0.2) is 0 Å². The van der Waals surface area contributed by atoms with E-state index in [-0.39, 0.29) is 0 Å². The quantitative estimate of drug-likeness (QED) is 0.615. The van der Waals surface area contributed by atoms with Crippen LogP contribution in [0.2, 0.25) is 0 Å². The summed E-state index contributed by atoms with van der Waals surface area (Å²) in [6.45, 7) is 3.23. The van der Waals surface area contributed by atoms with Gasteiger partial charge in [0.05, 0.1) is 14.2 Å². The number of rotatable bonds is 4. The Morgan fingerprint density at radius 3 is 1.54 bits per heavy atom. The van der Waals surface area contributed by atoms with E-state index in [1.54, 1.807) is 13.8 Å².